The summed E-state index contributed by atoms with van der Waals surface area (Å²) >= 11 is 0. The fourth-order valence-electron chi connectivity index (χ4n) is 4.49. The van der Waals surface area contributed by atoms with E-state index < -0.39 is 5.41 Å². The average Bonchev–Trinajstić information content (AvgIpc) is 3.28. The zero-order valence-corrected chi connectivity index (χ0v) is 18.3. The van der Waals surface area contributed by atoms with Crippen LogP contribution in [0.5, 0.6) is 0 Å². The molecule has 1 aliphatic carbocycles. The largest absolute Gasteiger partial charge is 0.443 e. The van der Waals surface area contributed by atoms with Crippen molar-refractivity contribution in [1.82, 2.24) is 25.1 Å². The van der Waals surface area contributed by atoms with E-state index in [-0.39, 0.29) is 12.2 Å². The third-order valence-corrected chi connectivity index (χ3v) is 6.23. The standard InChI is InChI=1S/C25H21FN6O/c1-15-5-3-7-18(26)22(15)19-11-16-6-4-9-25(2,23(16)32-31-19)21-13-28-12-20(30-21)24-29-17(8-10-27)14-33-24/h3,5,7,11-14H,4,6,8-9H2,1-2H3/t25-/m1/s1. The first-order valence-corrected chi connectivity index (χ1v) is 10.8. The Morgan fingerprint density at radius 3 is 2.88 bits per heavy atom. The quantitative estimate of drug-likeness (QED) is 0.451. The van der Waals surface area contributed by atoms with Gasteiger partial charge >= 0.3 is 0 Å². The maximum atomic E-state index is 14.5. The van der Waals surface area contributed by atoms with Crippen molar-refractivity contribution in [3.8, 4) is 28.9 Å². The molecule has 0 N–H and O–H groups in total. The van der Waals surface area contributed by atoms with Gasteiger partial charge < -0.3 is 4.42 Å². The molecule has 5 rings (SSSR count). The first kappa shape index (κ1) is 20.9. The van der Waals surface area contributed by atoms with E-state index in [0.29, 0.717) is 28.5 Å². The van der Waals surface area contributed by atoms with E-state index in [4.69, 9.17) is 14.7 Å². The van der Waals surface area contributed by atoms with Gasteiger partial charge in [-0.05, 0) is 56.4 Å². The van der Waals surface area contributed by atoms with Crippen LogP contribution in [-0.2, 0) is 18.3 Å². The van der Waals surface area contributed by atoms with Gasteiger partial charge in [-0.2, -0.15) is 15.5 Å². The van der Waals surface area contributed by atoms with Gasteiger partial charge in [-0.1, -0.05) is 12.1 Å². The van der Waals surface area contributed by atoms with Crippen LogP contribution in [0.4, 0.5) is 4.39 Å². The van der Waals surface area contributed by atoms with E-state index in [0.717, 1.165) is 41.8 Å². The Balaban J connectivity index is 1.55. The van der Waals surface area contributed by atoms with Gasteiger partial charge in [0.15, 0.2) is 0 Å². The molecule has 0 spiro atoms. The number of halogens is 1. The Kier molecular flexibility index (Phi) is 5.17. The van der Waals surface area contributed by atoms with Crippen LogP contribution in [0, 0.1) is 24.1 Å². The lowest BCUT2D eigenvalue weighted by Crippen LogP contribution is -2.32. The summed E-state index contributed by atoms with van der Waals surface area (Å²) in [5.41, 5.74) is 5.00. The van der Waals surface area contributed by atoms with Crippen molar-refractivity contribution in [2.24, 2.45) is 0 Å². The fourth-order valence-corrected chi connectivity index (χ4v) is 4.49. The molecule has 3 aromatic heterocycles. The second-order valence-corrected chi connectivity index (χ2v) is 8.49. The summed E-state index contributed by atoms with van der Waals surface area (Å²) in [4.78, 5) is 13.5. The molecule has 0 saturated carbocycles. The Labute approximate surface area is 190 Å². The summed E-state index contributed by atoms with van der Waals surface area (Å²) in [6, 6.07) is 9.01. The van der Waals surface area contributed by atoms with Crippen LogP contribution in [-0.4, -0.2) is 25.1 Å². The second-order valence-electron chi connectivity index (χ2n) is 8.49. The predicted molar refractivity (Wildman–Crippen MR) is 118 cm³/mol. The molecule has 1 aromatic carbocycles. The minimum atomic E-state index is -0.505. The molecule has 0 amide bonds. The van der Waals surface area contributed by atoms with Gasteiger partial charge in [-0.25, -0.2) is 14.4 Å². The Bertz CT molecular complexity index is 1370. The molecular formula is C25H21FN6O. The van der Waals surface area contributed by atoms with Crippen LogP contribution in [0.3, 0.4) is 0 Å². The van der Waals surface area contributed by atoms with E-state index in [1.165, 1.54) is 12.3 Å². The predicted octanol–water partition coefficient (Wildman–Crippen LogP) is 4.74. The van der Waals surface area contributed by atoms with Crippen LogP contribution >= 0.6 is 0 Å². The van der Waals surface area contributed by atoms with Crippen molar-refractivity contribution >= 4 is 0 Å². The molecule has 4 aromatic rings. The molecular weight excluding hydrogens is 419 g/mol. The lowest BCUT2D eigenvalue weighted by Gasteiger charge is -2.33. The monoisotopic (exact) mass is 440 g/mol. The van der Waals surface area contributed by atoms with Crippen LogP contribution in [0.15, 0.2) is 47.3 Å². The molecule has 164 valence electrons. The molecule has 0 fully saturated rings. The van der Waals surface area contributed by atoms with Crippen molar-refractivity contribution in [2.75, 3.05) is 0 Å². The van der Waals surface area contributed by atoms with E-state index in [1.54, 1.807) is 18.5 Å². The summed E-state index contributed by atoms with van der Waals surface area (Å²) in [6.07, 6.45) is 7.55. The van der Waals surface area contributed by atoms with Crippen molar-refractivity contribution in [3.05, 3.63) is 76.9 Å². The summed E-state index contributed by atoms with van der Waals surface area (Å²) in [6.45, 7) is 3.95. The number of nitrogens with zero attached hydrogens (tertiary/aromatic N) is 6. The molecule has 3 heterocycles. The summed E-state index contributed by atoms with van der Waals surface area (Å²) in [7, 11) is 0. The van der Waals surface area contributed by atoms with Crippen molar-refractivity contribution in [1.29, 1.82) is 5.26 Å². The van der Waals surface area contributed by atoms with Gasteiger partial charge in [0.1, 0.15) is 17.8 Å². The number of rotatable bonds is 4. The highest BCUT2D eigenvalue weighted by Crippen LogP contribution is 2.41. The number of hydrogen-bond acceptors (Lipinski definition) is 7. The van der Waals surface area contributed by atoms with Gasteiger partial charge in [0.2, 0.25) is 5.89 Å². The third-order valence-electron chi connectivity index (χ3n) is 6.23. The number of benzene rings is 1. The van der Waals surface area contributed by atoms with Gasteiger partial charge in [-0.15, -0.1) is 0 Å². The lowest BCUT2D eigenvalue weighted by atomic mass is 9.72. The molecule has 8 heteroatoms. The van der Waals surface area contributed by atoms with E-state index in [1.807, 2.05) is 19.1 Å². The van der Waals surface area contributed by atoms with Crippen LogP contribution in [0.2, 0.25) is 0 Å². The smallest absolute Gasteiger partial charge is 0.246 e. The molecule has 0 saturated heterocycles. The van der Waals surface area contributed by atoms with Crippen molar-refractivity contribution < 1.29 is 8.81 Å². The molecule has 1 atom stereocenters. The maximum Gasteiger partial charge on any atom is 0.246 e. The topological polar surface area (TPSA) is 101 Å². The Morgan fingerprint density at radius 1 is 1.18 bits per heavy atom. The number of aromatic nitrogens is 5. The minimum Gasteiger partial charge on any atom is -0.443 e. The molecule has 33 heavy (non-hydrogen) atoms. The van der Waals surface area contributed by atoms with E-state index in [2.05, 4.69) is 33.2 Å². The summed E-state index contributed by atoms with van der Waals surface area (Å²) < 4.78 is 20.0. The summed E-state index contributed by atoms with van der Waals surface area (Å²) in [5.74, 6) is 0.0220. The number of aryl methyl sites for hydroxylation is 2. The Hall–Kier alpha value is -3.99. The zero-order valence-electron chi connectivity index (χ0n) is 18.3. The average molecular weight is 440 g/mol. The third kappa shape index (κ3) is 3.65. The molecule has 1 aliphatic rings. The first-order valence-electron chi connectivity index (χ1n) is 10.8. The van der Waals surface area contributed by atoms with Gasteiger partial charge in [0.05, 0.1) is 46.9 Å². The van der Waals surface area contributed by atoms with Gasteiger partial charge in [0.25, 0.3) is 0 Å². The number of hydrogen-bond donors (Lipinski definition) is 0. The van der Waals surface area contributed by atoms with Crippen LogP contribution in [0.1, 0.15) is 48.0 Å². The van der Waals surface area contributed by atoms with Crippen molar-refractivity contribution in [2.45, 2.75) is 44.9 Å². The number of fused-ring (bicyclic) bond motifs is 1. The highest BCUT2D eigenvalue weighted by atomic mass is 19.1. The fraction of sp³-hybridized carbons (Fsp3) is 0.280. The SMILES string of the molecule is Cc1cccc(F)c1-c1cc2c(nn1)[C@@](C)(c1cncc(-c3nc(CC#N)co3)n1)CCC2. The van der Waals surface area contributed by atoms with Crippen LogP contribution < -0.4 is 0 Å². The normalized spacial score (nSPS) is 17.4. The molecule has 0 bridgehead atoms. The molecule has 7 nitrogen and oxygen atoms in total. The first-order chi connectivity index (χ1) is 16.0. The molecule has 0 unspecified atom stereocenters. The second kappa shape index (κ2) is 8.17. The molecule has 0 aliphatic heterocycles. The summed E-state index contributed by atoms with van der Waals surface area (Å²) in [5, 5.41) is 17.9. The number of nitriles is 1. The maximum absolute atomic E-state index is 14.5. The van der Waals surface area contributed by atoms with Crippen LogP contribution in [0.25, 0.3) is 22.8 Å². The van der Waals surface area contributed by atoms with Crippen molar-refractivity contribution in [3.63, 3.8) is 0 Å². The van der Waals surface area contributed by atoms with E-state index in [9.17, 15) is 4.39 Å². The minimum absolute atomic E-state index is 0.168. The Morgan fingerprint density at radius 2 is 2.06 bits per heavy atom. The van der Waals surface area contributed by atoms with Gasteiger partial charge in [-0.3, -0.25) is 4.98 Å². The number of oxazole rings is 1. The molecule has 0 radical (unpaired) electrons. The lowest BCUT2D eigenvalue weighted by molar-refractivity contribution is 0.433. The van der Waals surface area contributed by atoms with E-state index >= 15 is 0 Å². The zero-order chi connectivity index (χ0) is 23.0. The highest BCUT2D eigenvalue weighted by molar-refractivity contribution is 5.65. The highest BCUT2D eigenvalue weighted by Gasteiger charge is 2.38. The van der Waals surface area contributed by atoms with Gasteiger partial charge in [0, 0.05) is 11.8 Å².